The van der Waals surface area contributed by atoms with Crippen molar-refractivity contribution in [3.05, 3.63) is 0 Å². The van der Waals surface area contributed by atoms with E-state index in [1.807, 2.05) is 0 Å². The van der Waals surface area contributed by atoms with Gasteiger partial charge in [0.25, 0.3) is 0 Å². The maximum atomic E-state index is 0. The smallest absolute Gasteiger partial charge is 0 e. The average molecular weight is 293 g/mol. The largest absolute Gasteiger partial charge is 2.00 e. The summed E-state index contributed by atoms with van der Waals surface area (Å²) in [5.74, 6) is 0. The molecular formula is H2Fe2Li2Ni2O3. The molecule has 0 aromatic heterocycles. The van der Waals surface area contributed by atoms with Gasteiger partial charge in [-0.2, -0.15) is 0 Å². The van der Waals surface area contributed by atoms with Gasteiger partial charge in [0.15, 0.2) is 0 Å². The molecule has 0 aromatic rings. The van der Waals surface area contributed by atoms with Gasteiger partial charge in [-0.05, 0) is 0 Å². The van der Waals surface area contributed by atoms with Crippen molar-refractivity contribution in [3.8, 4) is 0 Å². The molecule has 0 aliphatic carbocycles. The monoisotopic (exact) mass is 292 g/mol. The van der Waals surface area contributed by atoms with E-state index in [9.17, 15) is 0 Å². The summed E-state index contributed by atoms with van der Waals surface area (Å²) in [4.78, 5) is 0. The van der Waals surface area contributed by atoms with Crippen molar-refractivity contribution in [2.45, 2.75) is 0 Å². The van der Waals surface area contributed by atoms with Crippen molar-refractivity contribution < 1.29 is 83.5 Å². The minimum absolute atomic E-state index is 0. The third-order valence-electron chi connectivity index (χ3n) is 0. The van der Waals surface area contributed by atoms with E-state index in [1.54, 1.807) is 0 Å². The quantitative estimate of drug-likeness (QED) is 0.479. The van der Waals surface area contributed by atoms with Crippen molar-refractivity contribution in [3.63, 3.8) is 0 Å². The van der Waals surface area contributed by atoms with Gasteiger partial charge in [0.05, 0.1) is 0 Å². The molecule has 0 saturated heterocycles. The van der Waals surface area contributed by atoms with Crippen LogP contribution >= 0.6 is 0 Å². The summed E-state index contributed by atoms with van der Waals surface area (Å²) in [6, 6.07) is 0. The van der Waals surface area contributed by atoms with Gasteiger partial charge >= 0.3 is 71.9 Å². The van der Waals surface area contributed by atoms with Gasteiger partial charge in [0.1, 0.15) is 0 Å². The van der Waals surface area contributed by atoms with Crippen LogP contribution in [0, 0.1) is 0 Å². The van der Waals surface area contributed by atoms with Gasteiger partial charge in [-0.3, -0.25) is 0 Å². The van der Waals surface area contributed by atoms with Gasteiger partial charge in [-0.25, -0.2) is 0 Å². The van der Waals surface area contributed by atoms with Crippen molar-refractivity contribution in [1.82, 2.24) is 0 Å². The van der Waals surface area contributed by atoms with Crippen molar-refractivity contribution in [1.29, 1.82) is 0 Å². The zero-order valence-corrected chi connectivity index (χ0v) is 6.75. The summed E-state index contributed by atoms with van der Waals surface area (Å²) in [5.41, 5.74) is 0. The summed E-state index contributed by atoms with van der Waals surface area (Å²) in [7, 11) is 0. The first kappa shape index (κ1) is 155. The van der Waals surface area contributed by atoms with Crippen LogP contribution in [0.15, 0.2) is 0 Å². The van der Waals surface area contributed by atoms with E-state index < -0.39 is 0 Å². The molecule has 0 bridgehead atoms. The Hall–Kier alpha value is 3.10. The first-order valence-electron chi connectivity index (χ1n) is 0. The summed E-state index contributed by atoms with van der Waals surface area (Å²) in [6.07, 6.45) is 0. The number of rotatable bonds is 0. The molecule has 2 radical (unpaired) electrons. The molecule has 0 amide bonds. The minimum Gasteiger partial charge on any atom is -2.00 e. The molecule has 0 spiro atoms. The van der Waals surface area contributed by atoms with Gasteiger partial charge in [0, 0.05) is 33.0 Å². The van der Waals surface area contributed by atoms with Crippen LogP contribution in [0.2, 0.25) is 0 Å². The van der Waals surface area contributed by atoms with Crippen LogP contribution in [-0.2, 0) is 83.5 Å². The number of hydrogen-bond acceptors (Lipinski definition) is 0. The van der Waals surface area contributed by atoms with E-state index in [1.165, 1.54) is 0 Å². The van der Waals surface area contributed by atoms with Gasteiger partial charge in [0.2, 0.25) is 0 Å². The van der Waals surface area contributed by atoms with Crippen LogP contribution in [0.4, 0.5) is 0 Å². The molecule has 0 N–H and O–H groups in total. The van der Waals surface area contributed by atoms with E-state index in [-0.39, 0.29) is 121 Å². The average Bonchev–Trinajstić information content (AvgIpc) is 0. The molecule has 3 nitrogen and oxygen atoms in total. The Morgan fingerprint density at radius 2 is 0.444 bits per heavy atom. The second kappa shape index (κ2) is 118. The van der Waals surface area contributed by atoms with E-state index in [4.69, 9.17) is 0 Å². The SMILES string of the molecule is [Fe+3].[Fe+3].[LiH].[LiH].[Ni].[Ni].[O-2].[O-2].[O-2]. The molecule has 9 heteroatoms. The van der Waals surface area contributed by atoms with Gasteiger partial charge < -0.3 is 16.4 Å². The Morgan fingerprint density at radius 1 is 0.444 bits per heavy atom. The molecule has 0 fully saturated rings. The molecule has 0 aliphatic rings. The van der Waals surface area contributed by atoms with E-state index in [0.717, 1.165) is 0 Å². The first-order chi connectivity index (χ1) is 0. The summed E-state index contributed by atoms with van der Waals surface area (Å²) in [6.45, 7) is 0. The molecule has 0 heterocycles. The number of hydrogen-bond donors (Lipinski definition) is 0. The normalized spacial score (nSPS) is 0. The van der Waals surface area contributed by atoms with Crippen molar-refractivity contribution in [2.24, 2.45) is 0 Å². The van der Waals surface area contributed by atoms with Crippen molar-refractivity contribution >= 4 is 37.7 Å². The molecule has 0 atom stereocenters. The minimum atomic E-state index is 0. The zero-order valence-electron chi connectivity index (χ0n) is 2.56. The van der Waals surface area contributed by atoms with Gasteiger partial charge in [-0.15, -0.1) is 0 Å². The zero-order chi connectivity index (χ0) is 0. The van der Waals surface area contributed by atoms with Crippen LogP contribution in [-0.4, -0.2) is 37.7 Å². The fraction of sp³-hybridized carbons (Fsp3) is 0. The van der Waals surface area contributed by atoms with Crippen LogP contribution in [0.5, 0.6) is 0 Å². The third-order valence-corrected chi connectivity index (χ3v) is 0. The Morgan fingerprint density at radius 3 is 0.444 bits per heavy atom. The summed E-state index contributed by atoms with van der Waals surface area (Å²) in [5, 5.41) is 0. The standard InChI is InChI=1S/2Fe.2Li.2Ni.3O.2H/q2*+3;;;;;3*-2;;. The second-order valence-electron chi connectivity index (χ2n) is 0. The van der Waals surface area contributed by atoms with E-state index in [0.29, 0.717) is 0 Å². The van der Waals surface area contributed by atoms with Crippen LogP contribution < -0.4 is 0 Å². The topological polar surface area (TPSA) is 85.5 Å². The van der Waals surface area contributed by atoms with Crippen LogP contribution in [0.1, 0.15) is 0 Å². The van der Waals surface area contributed by atoms with Gasteiger partial charge in [-0.1, -0.05) is 0 Å². The molecular weight excluding hydrogens is 291 g/mol. The molecule has 58 valence electrons. The fourth-order valence-electron chi connectivity index (χ4n) is 0. The van der Waals surface area contributed by atoms with E-state index >= 15 is 0 Å². The predicted octanol–water partition coefficient (Wildman–Crippen LogP) is -1.66. The molecule has 0 saturated carbocycles. The maximum absolute atomic E-state index is 0. The Kier molecular flexibility index (Phi) is 2030. The summed E-state index contributed by atoms with van der Waals surface area (Å²) < 4.78 is 0. The molecule has 0 unspecified atom stereocenters. The Balaban J connectivity index is 0. The predicted molar refractivity (Wildman–Crippen MR) is 16.4 cm³/mol. The molecule has 0 aromatic carbocycles. The fourth-order valence-corrected chi connectivity index (χ4v) is 0. The summed E-state index contributed by atoms with van der Waals surface area (Å²) >= 11 is 0. The molecule has 0 rings (SSSR count). The Bertz CT molecular complexity index is 17.8. The molecule has 0 aliphatic heterocycles. The van der Waals surface area contributed by atoms with Crippen LogP contribution in [0.25, 0.3) is 0 Å². The third kappa shape index (κ3) is 95.6. The van der Waals surface area contributed by atoms with Crippen LogP contribution in [0.3, 0.4) is 0 Å². The first-order valence-corrected chi connectivity index (χ1v) is 0. The van der Waals surface area contributed by atoms with E-state index in [2.05, 4.69) is 0 Å². The van der Waals surface area contributed by atoms with Crippen molar-refractivity contribution in [2.75, 3.05) is 0 Å². The molecule has 9 heavy (non-hydrogen) atoms. The Labute approximate surface area is 120 Å². The maximum Gasteiger partial charge on any atom is 0 e. The second-order valence-corrected chi connectivity index (χ2v) is 0.